The van der Waals surface area contributed by atoms with Gasteiger partial charge in [-0.2, -0.15) is 0 Å². The van der Waals surface area contributed by atoms with E-state index in [2.05, 4.69) is 0 Å². The summed E-state index contributed by atoms with van der Waals surface area (Å²) in [6, 6.07) is 23.8. The van der Waals surface area contributed by atoms with Crippen molar-refractivity contribution in [2.24, 2.45) is 5.73 Å². The Hall–Kier alpha value is -3.14. The predicted molar refractivity (Wildman–Crippen MR) is 103 cm³/mol. The van der Waals surface area contributed by atoms with Crippen molar-refractivity contribution in [3.63, 3.8) is 0 Å². The van der Waals surface area contributed by atoms with Crippen molar-refractivity contribution in [2.75, 3.05) is 6.54 Å². The fourth-order valence-corrected chi connectivity index (χ4v) is 3.06. The van der Waals surface area contributed by atoms with Gasteiger partial charge in [-0.15, -0.1) is 0 Å². The summed E-state index contributed by atoms with van der Waals surface area (Å²) in [5.41, 5.74) is 7.31. The molecule has 0 fully saturated rings. The monoisotopic (exact) mass is 346 g/mol. The van der Waals surface area contributed by atoms with Crippen LogP contribution in [0.15, 0.2) is 72.8 Å². The molecule has 0 spiro atoms. The topological polar surface area (TPSA) is 63.4 Å². The fraction of sp³-hybridized carbons (Fsp3) is 0.182. The van der Waals surface area contributed by atoms with Gasteiger partial charge in [0.25, 0.3) is 0 Å². The summed E-state index contributed by atoms with van der Waals surface area (Å²) in [5, 5.41) is 2.20. The molecule has 0 aliphatic carbocycles. The number of benzene rings is 3. The Morgan fingerprint density at radius 2 is 1.54 bits per heavy atom. The van der Waals surface area contributed by atoms with Crippen LogP contribution < -0.4 is 5.73 Å². The lowest BCUT2D eigenvalue weighted by atomic mass is 10.0. The van der Waals surface area contributed by atoms with Crippen LogP contribution >= 0.6 is 0 Å². The maximum atomic E-state index is 12.9. The van der Waals surface area contributed by atoms with Gasteiger partial charge in [0.2, 0.25) is 11.8 Å². The van der Waals surface area contributed by atoms with E-state index in [-0.39, 0.29) is 12.3 Å². The standard InChI is InChI=1S/C22H22N2O2/c23-21(25)13-14-24(16-17-7-2-1-3-8-17)22(26)15-19-11-6-10-18-9-4-5-12-20(18)19/h1-12H,13-16H2,(H2,23,25). The summed E-state index contributed by atoms with van der Waals surface area (Å²) < 4.78 is 0. The molecule has 0 aliphatic heterocycles. The molecule has 3 rings (SSSR count). The molecule has 3 aromatic carbocycles. The minimum Gasteiger partial charge on any atom is -0.370 e. The minimum atomic E-state index is -0.402. The summed E-state index contributed by atoms with van der Waals surface area (Å²) in [4.78, 5) is 25.9. The molecule has 4 heteroatoms. The van der Waals surface area contributed by atoms with E-state index in [1.807, 2.05) is 72.8 Å². The SMILES string of the molecule is NC(=O)CCN(Cc1ccccc1)C(=O)Cc1cccc2ccccc12. The molecule has 0 aromatic heterocycles. The number of hydrogen-bond donors (Lipinski definition) is 1. The lowest BCUT2D eigenvalue weighted by Gasteiger charge is -2.23. The zero-order chi connectivity index (χ0) is 18.4. The van der Waals surface area contributed by atoms with Crippen molar-refractivity contribution in [3.8, 4) is 0 Å². The smallest absolute Gasteiger partial charge is 0.227 e. The van der Waals surface area contributed by atoms with E-state index < -0.39 is 5.91 Å². The van der Waals surface area contributed by atoms with Gasteiger partial charge in [-0.25, -0.2) is 0 Å². The first-order chi connectivity index (χ1) is 12.6. The minimum absolute atomic E-state index is 0.00791. The highest BCUT2D eigenvalue weighted by molar-refractivity contribution is 5.90. The molecule has 132 valence electrons. The van der Waals surface area contributed by atoms with Gasteiger partial charge in [-0.05, 0) is 21.9 Å². The zero-order valence-electron chi connectivity index (χ0n) is 14.6. The van der Waals surface area contributed by atoms with Gasteiger partial charge in [0, 0.05) is 19.5 Å². The van der Waals surface area contributed by atoms with E-state index in [0.717, 1.165) is 21.9 Å². The summed E-state index contributed by atoms with van der Waals surface area (Å²) in [5.74, 6) is -0.410. The maximum absolute atomic E-state index is 12.9. The van der Waals surface area contributed by atoms with E-state index in [9.17, 15) is 9.59 Å². The Morgan fingerprint density at radius 1 is 0.846 bits per heavy atom. The Bertz CT molecular complexity index is 901. The quantitative estimate of drug-likeness (QED) is 0.713. The van der Waals surface area contributed by atoms with Crippen LogP contribution in [0.1, 0.15) is 17.5 Å². The van der Waals surface area contributed by atoms with Gasteiger partial charge in [0.15, 0.2) is 0 Å². The van der Waals surface area contributed by atoms with Crippen LogP contribution in [0.4, 0.5) is 0 Å². The Morgan fingerprint density at radius 3 is 2.31 bits per heavy atom. The summed E-state index contributed by atoms with van der Waals surface area (Å²) in [6.45, 7) is 0.797. The molecule has 2 N–H and O–H groups in total. The second-order valence-corrected chi connectivity index (χ2v) is 6.33. The number of rotatable bonds is 7. The highest BCUT2D eigenvalue weighted by Gasteiger charge is 2.16. The Labute approximate surface area is 153 Å². The van der Waals surface area contributed by atoms with Gasteiger partial charge in [0.05, 0.1) is 6.42 Å². The average molecular weight is 346 g/mol. The van der Waals surface area contributed by atoms with Crippen molar-refractivity contribution in [2.45, 2.75) is 19.4 Å². The van der Waals surface area contributed by atoms with Crippen molar-refractivity contribution in [1.82, 2.24) is 4.90 Å². The molecule has 0 saturated heterocycles. The second kappa shape index (κ2) is 8.30. The number of primary amides is 1. The van der Waals surface area contributed by atoms with Crippen molar-refractivity contribution >= 4 is 22.6 Å². The molecule has 0 bridgehead atoms. The third kappa shape index (κ3) is 4.48. The number of nitrogens with two attached hydrogens (primary N) is 1. The van der Waals surface area contributed by atoms with Gasteiger partial charge in [-0.1, -0.05) is 72.8 Å². The van der Waals surface area contributed by atoms with Crippen LogP contribution in [0.5, 0.6) is 0 Å². The number of carbonyl (C=O) groups is 2. The molecular weight excluding hydrogens is 324 g/mol. The van der Waals surface area contributed by atoms with Gasteiger partial charge >= 0.3 is 0 Å². The molecule has 26 heavy (non-hydrogen) atoms. The highest BCUT2D eigenvalue weighted by Crippen LogP contribution is 2.20. The third-order valence-electron chi connectivity index (χ3n) is 4.42. The van der Waals surface area contributed by atoms with Crippen LogP contribution in [0, 0.1) is 0 Å². The third-order valence-corrected chi connectivity index (χ3v) is 4.42. The van der Waals surface area contributed by atoms with Crippen molar-refractivity contribution in [3.05, 3.63) is 83.9 Å². The molecule has 4 nitrogen and oxygen atoms in total. The summed E-state index contributed by atoms with van der Waals surface area (Å²) in [6.07, 6.45) is 0.459. The maximum Gasteiger partial charge on any atom is 0.227 e. The van der Waals surface area contributed by atoms with Crippen molar-refractivity contribution < 1.29 is 9.59 Å². The van der Waals surface area contributed by atoms with E-state index >= 15 is 0 Å². The lowest BCUT2D eigenvalue weighted by molar-refractivity contribution is -0.131. The fourth-order valence-electron chi connectivity index (χ4n) is 3.06. The van der Waals surface area contributed by atoms with Crippen LogP contribution in [0.3, 0.4) is 0 Å². The second-order valence-electron chi connectivity index (χ2n) is 6.33. The molecule has 3 aromatic rings. The van der Waals surface area contributed by atoms with E-state index in [0.29, 0.717) is 19.5 Å². The van der Waals surface area contributed by atoms with Crippen LogP contribution in [0.2, 0.25) is 0 Å². The number of carbonyl (C=O) groups excluding carboxylic acids is 2. The molecular formula is C22H22N2O2. The summed E-state index contributed by atoms with van der Waals surface area (Å²) in [7, 11) is 0. The molecule has 0 radical (unpaired) electrons. The largest absolute Gasteiger partial charge is 0.370 e. The first-order valence-corrected chi connectivity index (χ1v) is 8.70. The average Bonchev–Trinajstić information content (AvgIpc) is 2.66. The molecule has 0 saturated carbocycles. The van der Waals surface area contributed by atoms with E-state index in [1.54, 1.807) is 4.90 Å². The highest BCUT2D eigenvalue weighted by atomic mass is 16.2. The van der Waals surface area contributed by atoms with Gasteiger partial charge in [-0.3, -0.25) is 9.59 Å². The first-order valence-electron chi connectivity index (χ1n) is 8.70. The number of nitrogens with zero attached hydrogens (tertiary/aromatic N) is 1. The molecule has 0 heterocycles. The molecule has 0 atom stereocenters. The van der Waals surface area contributed by atoms with Crippen molar-refractivity contribution in [1.29, 1.82) is 0 Å². The van der Waals surface area contributed by atoms with Crippen LogP contribution in [0.25, 0.3) is 10.8 Å². The van der Waals surface area contributed by atoms with Crippen LogP contribution in [-0.2, 0) is 22.6 Å². The Kier molecular flexibility index (Phi) is 5.64. The van der Waals surface area contributed by atoms with E-state index in [1.165, 1.54) is 0 Å². The predicted octanol–water partition coefficient (Wildman–Crippen LogP) is 3.29. The summed E-state index contributed by atoms with van der Waals surface area (Å²) >= 11 is 0. The first kappa shape index (κ1) is 17.7. The van der Waals surface area contributed by atoms with E-state index in [4.69, 9.17) is 5.73 Å². The van der Waals surface area contributed by atoms with Gasteiger partial charge in [0.1, 0.15) is 0 Å². The molecule has 0 unspecified atom stereocenters. The van der Waals surface area contributed by atoms with Gasteiger partial charge < -0.3 is 10.6 Å². The van der Waals surface area contributed by atoms with Crippen LogP contribution in [-0.4, -0.2) is 23.3 Å². The Balaban J connectivity index is 1.80. The zero-order valence-corrected chi connectivity index (χ0v) is 14.6. The number of amides is 2. The normalized spacial score (nSPS) is 10.6. The molecule has 2 amide bonds. The lowest BCUT2D eigenvalue weighted by Crippen LogP contribution is -2.34. The number of fused-ring (bicyclic) bond motifs is 1. The molecule has 0 aliphatic rings. The number of hydrogen-bond acceptors (Lipinski definition) is 2.